The lowest BCUT2D eigenvalue weighted by Crippen LogP contribution is -2.12. The molecule has 0 aromatic carbocycles. The van der Waals surface area contributed by atoms with Crippen LogP contribution in [0.3, 0.4) is 0 Å². The number of aromatic nitrogens is 1. The molecule has 0 aliphatic rings. The third-order valence-corrected chi connectivity index (χ3v) is 2.44. The van der Waals surface area contributed by atoms with Gasteiger partial charge in [-0.1, -0.05) is 0 Å². The summed E-state index contributed by atoms with van der Waals surface area (Å²) in [4.78, 5) is 11.4. The summed E-state index contributed by atoms with van der Waals surface area (Å²) >= 11 is 1.76. The maximum absolute atomic E-state index is 11.4. The van der Waals surface area contributed by atoms with Gasteiger partial charge in [0.1, 0.15) is 5.69 Å². The van der Waals surface area contributed by atoms with Gasteiger partial charge in [-0.2, -0.15) is 11.8 Å². The predicted molar refractivity (Wildman–Crippen MR) is 58.8 cm³/mol. The fourth-order valence-electron chi connectivity index (χ4n) is 1.19. The predicted octanol–water partition coefficient (Wildman–Crippen LogP) is 2.03. The van der Waals surface area contributed by atoms with E-state index in [9.17, 15) is 4.79 Å². The number of nitrogens with zero attached hydrogens (tertiary/aromatic N) is 1. The van der Waals surface area contributed by atoms with E-state index in [1.165, 1.54) is 0 Å². The number of hydrogen-bond acceptors (Lipinski definition) is 3. The van der Waals surface area contributed by atoms with Crippen LogP contribution in [-0.2, 0) is 11.3 Å². The molecule has 0 saturated carbocycles. The Morgan fingerprint density at radius 2 is 2.43 bits per heavy atom. The van der Waals surface area contributed by atoms with Crippen LogP contribution >= 0.6 is 11.8 Å². The highest BCUT2D eigenvalue weighted by Gasteiger charge is 2.10. The van der Waals surface area contributed by atoms with Gasteiger partial charge in [0.25, 0.3) is 0 Å². The molecule has 0 bridgehead atoms. The van der Waals surface area contributed by atoms with E-state index in [0.717, 1.165) is 12.3 Å². The van der Waals surface area contributed by atoms with Gasteiger partial charge in [0, 0.05) is 18.5 Å². The van der Waals surface area contributed by atoms with Crippen LogP contribution in [0, 0.1) is 0 Å². The van der Waals surface area contributed by atoms with Crippen LogP contribution < -0.4 is 0 Å². The van der Waals surface area contributed by atoms with Crippen molar-refractivity contribution in [1.82, 2.24) is 4.57 Å². The first-order valence-corrected chi connectivity index (χ1v) is 6.00. The summed E-state index contributed by atoms with van der Waals surface area (Å²) < 4.78 is 6.87. The number of carbonyl (C=O) groups excluding carboxylic acids is 1. The van der Waals surface area contributed by atoms with E-state index < -0.39 is 0 Å². The molecule has 0 fully saturated rings. The zero-order valence-corrected chi connectivity index (χ0v) is 9.34. The van der Waals surface area contributed by atoms with Gasteiger partial charge in [-0.3, -0.25) is 0 Å². The molecule has 4 heteroatoms. The van der Waals surface area contributed by atoms with Crippen LogP contribution in [0.15, 0.2) is 18.3 Å². The van der Waals surface area contributed by atoms with Crippen LogP contribution in [0.1, 0.15) is 17.4 Å². The first-order chi connectivity index (χ1) is 6.79. The van der Waals surface area contributed by atoms with Gasteiger partial charge in [-0.15, -0.1) is 0 Å². The van der Waals surface area contributed by atoms with E-state index in [-0.39, 0.29) is 5.97 Å². The zero-order chi connectivity index (χ0) is 10.4. The Kier molecular flexibility index (Phi) is 4.59. The molecular weight excluding hydrogens is 198 g/mol. The maximum Gasteiger partial charge on any atom is 0.354 e. The van der Waals surface area contributed by atoms with Crippen molar-refractivity contribution in [1.29, 1.82) is 0 Å². The monoisotopic (exact) mass is 213 g/mol. The minimum Gasteiger partial charge on any atom is -0.461 e. The smallest absolute Gasteiger partial charge is 0.354 e. The van der Waals surface area contributed by atoms with Crippen LogP contribution in [0.2, 0.25) is 0 Å². The minimum atomic E-state index is -0.237. The van der Waals surface area contributed by atoms with Crippen molar-refractivity contribution in [2.45, 2.75) is 13.5 Å². The molecule has 1 heterocycles. The summed E-state index contributed by atoms with van der Waals surface area (Å²) in [6, 6.07) is 3.66. The Balaban J connectivity index is 2.66. The Labute approximate surface area is 88.4 Å². The molecule has 0 aliphatic heterocycles. The normalized spacial score (nSPS) is 10.1. The SMILES string of the molecule is CCOC(=O)c1cccn1CCSC. The van der Waals surface area contributed by atoms with Gasteiger partial charge in [0.2, 0.25) is 0 Å². The van der Waals surface area contributed by atoms with E-state index in [0.29, 0.717) is 12.3 Å². The third-order valence-electron chi connectivity index (χ3n) is 1.85. The number of esters is 1. The second kappa shape index (κ2) is 5.75. The third kappa shape index (κ3) is 2.80. The fraction of sp³-hybridized carbons (Fsp3) is 0.500. The Morgan fingerprint density at radius 1 is 1.64 bits per heavy atom. The maximum atomic E-state index is 11.4. The summed E-state index contributed by atoms with van der Waals surface area (Å²) in [5, 5.41) is 0. The van der Waals surface area contributed by atoms with E-state index in [4.69, 9.17) is 4.74 Å². The molecule has 0 atom stereocenters. The number of aryl methyl sites for hydroxylation is 1. The molecule has 1 rings (SSSR count). The molecule has 1 aromatic heterocycles. The summed E-state index contributed by atoms with van der Waals surface area (Å²) in [7, 11) is 0. The molecule has 14 heavy (non-hydrogen) atoms. The summed E-state index contributed by atoms with van der Waals surface area (Å²) in [6.45, 7) is 3.09. The standard InChI is InChI=1S/C10H15NO2S/c1-3-13-10(12)9-5-4-6-11(9)7-8-14-2/h4-6H,3,7-8H2,1-2H3. The molecule has 78 valence electrons. The van der Waals surface area contributed by atoms with Crippen molar-refractivity contribution >= 4 is 17.7 Å². The van der Waals surface area contributed by atoms with Crippen LogP contribution in [0.5, 0.6) is 0 Å². The minimum absolute atomic E-state index is 0.237. The molecule has 0 amide bonds. The second-order valence-corrected chi connectivity index (χ2v) is 3.79. The highest BCUT2D eigenvalue weighted by molar-refractivity contribution is 7.98. The van der Waals surface area contributed by atoms with Gasteiger partial charge in [-0.25, -0.2) is 4.79 Å². The number of hydrogen-bond donors (Lipinski definition) is 0. The highest BCUT2D eigenvalue weighted by Crippen LogP contribution is 2.06. The highest BCUT2D eigenvalue weighted by atomic mass is 32.2. The first-order valence-electron chi connectivity index (χ1n) is 4.60. The average Bonchev–Trinajstić information content (AvgIpc) is 2.63. The van der Waals surface area contributed by atoms with Crippen molar-refractivity contribution < 1.29 is 9.53 Å². The molecule has 0 unspecified atom stereocenters. The Morgan fingerprint density at radius 3 is 3.07 bits per heavy atom. The quantitative estimate of drug-likeness (QED) is 0.701. The van der Waals surface area contributed by atoms with Crippen LogP contribution in [0.25, 0.3) is 0 Å². The first kappa shape index (κ1) is 11.2. The van der Waals surface area contributed by atoms with Crippen LogP contribution in [0.4, 0.5) is 0 Å². The van der Waals surface area contributed by atoms with Gasteiger partial charge in [-0.05, 0) is 25.3 Å². The second-order valence-electron chi connectivity index (χ2n) is 2.80. The lowest BCUT2D eigenvalue weighted by Gasteiger charge is -2.06. The number of thioether (sulfide) groups is 1. The van der Waals surface area contributed by atoms with Gasteiger partial charge < -0.3 is 9.30 Å². The summed E-state index contributed by atoms with van der Waals surface area (Å²) in [5.41, 5.74) is 0.640. The van der Waals surface area contributed by atoms with Crippen molar-refractivity contribution in [2.75, 3.05) is 18.6 Å². The molecular formula is C10H15NO2S. The summed E-state index contributed by atoms with van der Waals surface area (Å²) in [5.74, 6) is 0.764. The Bertz CT molecular complexity index is 296. The van der Waals surface area contributed by atoms with Crippen molar-refractivity contribution in [3.8, 4) is 0 Å². The Hall–Kier alpha value is -0.900. The largest absolute Gasteiger partial charge is 0.461 e. The lowest BCUT2D eigenvalue weighted by atomic mass is 10.4. The number of ether oxygens (including phenoxy) is 1. The van der Waals surface area contributed by atoms with Gasteiger partial charge in [0.05, 0.1) is 6.61 Å². The number of rotatable bonds is 5. The topological polar surface area (TPSA) is 31.2 Å². The molecule has 0 saturated heterocycles. The van der Waals surface area contributed by atoms with Crippen molar-refractivity contribution in [3.05, 3.63) is 24.0 Å². The molecule has 0 aliphatic carbocycles. The molecule has 1 aromatic rings. The number of carbonyl (C=O) groups is 1. The van der Waals surface area contributed by atoms with E-state index in [2.05, 4.69) is 0 Å². The molecule has 0 N–H and O–H groups in total. The average molecular weight is 213 g/mol. The molecule has 0 radical (unpaired) electrons. The molecule has 0 spiro atoms. The lowest BCUT2D eigenvalue weighted by molar-refractivity contribution is 0.0514. The molecule has 3 nitrogen and oxygen atoms in total. The van der Waals surface area contributed by atoms with Crippen LogP contribution in [-0.4, -0.2) is 29.2 Å². The zero-order valence-electron chi connectivity index (χ0n) is 8.53. The fourth-order valence-corrected chi connectivity index (χ4v) is 1.57. The summed E-state index contributed by atoms with van der Waals surface area (Å²) in [6.07, 6.45) is 3.95. The van der Waals surface area contributed by atoms with Crippen molar-refractivity contribution in [3.63, 3.8) is 0 Å². The van der Waals surface area contributed by atoms with Gasteiger partial charge in [0.15, 0.2) is 0 Å². The van der Waals surface area contributed by atoms with E-state index in [1.54, 1.807) is 17.8 Å². The van der Waals surface area contributed by atoms with E-state index in [1.807, 2.05) is 30.0 Å². The van der Waals surface area contributed by atoms with Gasteiger partial charge >= 0.3 is 5.97 Å². The van der Waals surface area contributed by atoms with Crippen molar-refractivity contribution in [2.24, 2.45) is 0 Å². The van der Waals surface area contributed by atoms with E-state index >= 15 is 0 Å².